The van der Waals surface area contributed by atoms with Crippen LogP contribution in [0.5, 0.6) is 11.8 Å². The normalized spacial score (nSPS) is 27.3. The lowest BCUT2D eigenvalue weighted by Gasteiger charge is -2.34. The van der Waals surface area contributed by atoms with Crippen molar-refractivity contribution in [1.29, 1.82) is 0 Å². The molecule has 1 aromatic heterocycles. The first-order valence-electron chi connectivity index (χ1n) is 14.2. The Labute approximate surface area is 247 Å². The Hall–Kier alpha value is -3.03. The minimum Gasteiger partial charge on any atom is -0.507 e. The van der Waals surface area contributed by atoms with Crippen molar-refractivity contribution in [3.63, 3.8) is 0 Å². The predicted molar refractivity (Wildman–Crippen MR) is 147 cm³/mol. The van der Waals surface area contributed by atoms with E-state index in [-0.39, 0.29) is 47.8 Å². The fourth-order valence-corrected chi connectivity index (χ4v) is 7.58. The number of benzene rings is 2. The van der Waals surface area contributed by atoms with Crippen LogP contribution >= 0.6 is 11.6 Å². The Bertz CT molecular complexity index is 1600. The average Bonchev–Trinajstić information content (AvgIpc) is 3.58. The van der Waals surface area contributed by atoms with Crippen LogP contribution in [-0.2, 0) is 6.18 Å². The van der Waals surface area contributed by atoms with E-state index in [1.807, 2.05) is 9.80 Å². The summed E-state index contributed by atoms with van der Waals surface area (Å²) < 4.78 is 93.2. The van der Waals surface area contributed by atoms with Gasteiger partial charge in [0.15, 0.2) is 5.82 Å². The molecule has 4 aliphatic heterocycles. The Morgan fingerprint density at radius 2 is 1.84 bits per heavy atom. The molecule has 5 heterocycles. The van der Waals surface area contributed by atoms with Crippen molar-refractivity contribution in [2.45, 2.75) is 62.1 Å². The zero-order valence-corrected chi connectivity index (χ0v) is 23.6. The van der Waals surface area contributed by atoms with E-state index >= 15 is 8.78 Å². The number of phenolic OH excluding ortho intramolecular Hbond substituents is 1. The van der Waals surface area contributed by atoms with Gasteiger partial charge < -0.3 is 20.1 Å². The maximum Gasteiger partial charge on any atom is 0.417 e. The number of rotatable bonds is 5. The molecule has 0 spiro atoms. The maximum absolute atomic E-state index is 16.3. The molecule has 2 unspecified atom stereocenters. The number of ether oxygens (including phenoxy) is 1. The van der Waals surface area contributed by atoms with Crippen LogP contribution in [0.1, 0.15) is 37.7 Å². The number of nitrogens with zero attached hydrogens (tertiary/aromatic N) is 4. The molecule has 4 saturated heterocycles. The highest BCUT2D eigenvalue weighted by Crippen LogP contribution is 2.45. The van der Waals surface area contributed by atoms with Crippen molar-refractivity contribution in [2.75, 3.05) is 37.7 Å². The fourth-order valence-electron chi connectivity index (χ4n) is 7.31. The summed E-state index contributed by atoms with van der Waals surface area (Å²) in [6.07, 6.45) is -2.18. The number of hydrogen-bond acceptors (Lipinski definition) is 7. The van der Waals surface area contributed by atoms with Crippen LogP contribution in [0.3, 0.4) is 0 Å². The van der Waals surface area contributed by atoms with Crippen LogP contribution in [-0.4, -0.2) is 76.6 Å². The lowest BCUT2D eigenvalue weighted by Crippen LogP contribution is -2.51. The van der Waals surface area contributed by atoms with Crippen molar-refractivity contribution in [3.8, 4) is 22.9 Å². The molecule has 4 fully saturated rings. The van der Waals surface area contributed by atoms with Gasteiger partial charge in [-0.1, -0.05) is 11.6 Å². The molecule has 43 heavy (non-hydrogen) atoms. The molecular formula is C29H28ClF6N5O2. The van der Waals surface area contributed by atoms with Crippen LogP contribution in [0, 0.1) is 11.6 Å². The van der Waals surface area contributed by atoms with Crippen molar-refractivity contribution in [1.82, 2.24) is 20.2 Å². The lowest BCUT2D eigenvalue weighted by molar-refractivity contribution is -0.137. The Balaban J connectivity index is 1.36. The largest absolute Gasteiger partial charge is 0.507 e. The number of phenols is 1. The molecule has 7 nitrogen and oxygen atoms in total. The van der Waals surface area contributed by atoms with Gasteiger partial charge >= 0.3 is 12.2 Å². The Morgan fingerprint density at radius 1 is 1.09 bits per heavy atom. The first kappa shape index (κ1) is 28.7. The summed E-state index contributed by atoms with van der Waals surface area (Å²) in [6.45, 7) is 2.13. The van der Waals surface area contributed by atoms with Gasteiger partial charge in [0.1, 0.15) is 35.7 Å². The highest BCUT2D eigenvalue weighted by molar-refractivity contribution is 6.31. The summed E-state index contributed by atoms with van der Waals surface area (Å²) in [5, 5.41) is 13.1. The molecule has 0 amide bonds. The standard InChI is InChI=1S/C29H28ClF6N5O2/c30-20-8-22(42)17(6-19(20)29(34,35)36)23-21(32)7-18-25(24(23)33)38-27(39-26(18)40-11-15-2-3-16(12-40)37-15)43-13-28-4-1-5-41(28)10-14(31)9-28/h6-8,14-16,37,42H,1-5,9-13H2/t14-,15?,16?,28+/m1/s1. The molecule has 0 radical (unpaired) electrons. The van der Waals surface area contributed by atoms with Crippen molar-refractivity contribution in [3.05, 3.63) is 40.4 Å². The number of halogens is 7. The van der Waals surface area contributed by atoms with E-state index in [0.29, 0.717) is 31.8 Å². The zero-order chi connectivity index (χ0) is 30.3. The van der Waals surface area contributed by atoms with E-state index in [1.165, 1.54) is 0 Å². The summed E-state index contributed by atoms with van der Waals surface area (Å²) in [6, 6.07) is 2.09. The molecule has 4 aliphatic rings. The molecule has 7 rings (SSSR count). The van der Waals surface area contributed by atoms with Crippen LogP contribution in [0.25, 0.3) is 22.0 Å². The predicted octanol–water partition coefficient (Wildman–Crippen LogP) is 5.85. The number of piperazine rings is 1. The minimum absolute atomic E-state index is 0.0160. The first-order valence-corrected chi connectivity index (χ1v) is 14.6. The number of nitrogens with one attached hydrogen (secondary N) is 1. The molecule has 230 valence electrons. The second-order valence-corrected chi connectivity index (χ2v) is 12.4. The number of alkyl halides is 4. The highest BCUT2D eigenvalue weighted by Gasteiger charge is 2.49. The summed E-state index contributed by atoms with van der Waals surface area (Å²) in [4.78, 5) is 12.8. The van der Waals surface area contributed by atoms with Gasteiger partial charge in [0, 0.05) is 49.1 Å². The lowest BCUT2D eigenvalue weighted by atomic mass is 9.95. The highest BCUT2D eigenvalue weighted by atomic mass is 35.5. The van der Waals surface area contributed by atoms with Gasteiger partial charge in [0.05, 0.1) is 21.7 Å². The zero-order valence-electron chi connectivity index (χ0n) is 22.8. The SMILES string of the molecule is Oc1cc(Cl)c(C(F)(F)F)cc1-c1c(F)cc2c(N3CC4CCC(C3)N4)nc(OC[C@@]34CCCN3C[C@H](F)C4)nc2c1F. The molecular weight excluding hydrogens is 600 g/mol. The molecule has 2 bridgehead atoms. The summed E-state index contributed by atoms with van der Waals surface area (Å²) in [7, 11) is 0. The molecule has 0 aliphatic carbocycles. The molecule has 0 saturated carbocycles. The molecule has 2 aromatic carbocycles. The van der Waals surface area contributed by atoms with Crippen LogP contribution in [0.2, 0.25) is 5.02 Å². The van der Waals surface area contributed by atoms with Crippen LogP contribution < -0.4 is 15.0 Å². The van der Waals surface area contributed by atoms with Gasteiger partial charge in [0.25, 0.3) is 0 Å². The van der Waals surface area contributed by atoms with E-state index < -0.39 is 57.0 Å². The molecule has 14 heteroatoms. The molecule has 3 aromatic rings. The summed E-state index contributed by atoms with van der Waals surface area (Å²) in [5.41, 5.74) is -3.88. The van der Waals surface area contributed by atoms with Gasteiger partial charge in [-0.15, -0.1) is 0 Å². The fraction of sp³-hybridized carbons (Fsp3) is 0.517. The van der Waals surface area contributed by atoms with Gasteiger partial charge in [0.2, 0.25) is 0 Å². The first-order chi connectivity index (χ1) is 20.4. The molecule has 4 atom stereocenters. The Morgan fingerprint density at radius 3 is 2.56 bits per heavy atom. The number of aromatic nitrogens is 2. The van der Waals surface area contributed by atoms with Crippen molar-refractivity contribution in [2.24, 2.45) is 0 Å². The van der Waals surface area contributed by atoms with E-state index in [2.05, 4.69) is 15.3 Å². The smallest absolute Gasteiger partial charge is 0.417 e. The number of hydrogen-bond donors (Lipinski definition) is 2. The third-order valence-corrected chi connectivity index (χ3v) is 9.56. The molecule has 2 N–H and O–H groups in total. The van der Waals surface area contributed by atoms with E-state index in [4.69, 9.17) is 16.3 Å². The topological polar surface area (TPSA) is 73.8 Å². The second kappa shape index (κ2) is 10.3. The van der Waals surface area contributed by atoms with Gasteiger partial charge in [-0.25, -0.2) is 13.2 Å². The minimum atomic E-state index is -4.94. The van der Waals surface area contributed by atoms with Gasteiger partial charge in [-0.2, -0.15) is 23.1 Å². The van der Waals surface area contributed by atoms with Crippen molar-refractivity contribution >= 4 is 28.3 Å². The third-order valence-electron chi connectivity index (χ3n) is 9.25. The van der Waals surface area contributed by atoms with Gasteiger partial charge in [-0.05, 0) is 50.4 Å². The van der Waals surface area contributed by atoms with E-state index in [9.17, 15) is 22.7 Å². The third kappa shape index (κ3) is 4.93. The van der Waals surface area contributed by atoms with Crippen LogP contribution in [0.4, 0.5) is 32.2 Å². The monoisotopic (exact) mass is 627 g/mol. The number of fused-ring (bicyclic) bond motifs is 4. The summed E-state index contributed by atoms with van der Waals surface area (Å²) in [5.74, 6) is -3.08. The second-order valence-electron chi connectivity index (χ2n) is 12.0. The maximum atomic E-state index is 16.3. The van der Waals surface area contributed by atoms with Gasteiger partial charge in [-0.3, -0.25) is 4.90 Å². The van der Waals surface area contributed by atoms with Crippen molar-refractivity contribution < 1.29 is 36.2 Å². The van der Waals surface area contributed by atoms with Crippen LogP contribution in [0.15, 0.2) is 18.2 Å². The number of aromatic hydroxyl groups is 1. The van der Waals surface area contributed by atoms with E-state index in [0.717, 1.165) is 38.3 Å². The summed E-state index contributed by atoms with van der Waals surface area (Å²) >= 11 is 5.70. The quantitative estimate of drug-likeness (QED) is 0.344. The Kier molecular flexibility index (Phi) is 6.86. The van der Waals surface area contributed by atoms with E-state index in [1.54, 1.807) is 0 Å². The average molecular weight is 628 g/mol. The number of anilines is 1.